The minimum Gasteiger partial charge on any atom is -0.389 e. The van der Waals surface area contributed by atoms with Gasteiger partial charge in [0.15, 0.2) is 0 Å². The fraction of sp³-hybridized carbons (Fsp3) is 0.615. The summed E-state index contributed by atoms with van der Waals surface area (Å²) in [6, 6.07) is 4.26. The van der Waals surface area contributed by atoms with Crippen LogP contribution < -0.4 is 4.90 Å². The Morgan fingerprint density at radius 1 is 1.38 bits per heavy atom. The molecule has 0 aliphatic carbocycles. The van der Waals surface area contributed by atoms with Gasteiger partial charge in [0, 0.05) is 18.8 Å². The normalized spacial score (nSPS) is 12.9. The highest BCUT2D eigenvalue weighted by Crippen LogP contribution is 2.19. The van der Waals surface area contributed by atoms with E-state index in [0.717, 1.165) is 24.3 Å². The monoisotopic (exact) mass is 222 g/mol. The highest BCUT2D eigenvalue weighted by molar-refractivity contribution is 5.42. The Morgan fingerprint density at radius 2 is 2.06 bits per heavy atom. The van der Waals surface area contributed by atoms with Crippen LogP contribution in [0.3, 0.4) is 0 Å². The molecule has 1 N–H and O–H groups in total. The molecule has 1 aromatic heterocycles. The zero-order valence-corrected chi connectivity index (χ0v) is 10.6. The lowest BCUT2D eigenvalue weighted by Crippen LogP contribution is -2.32. The molecule has 0 aliphatic rings. The van der Waals surface area contributed by atoms with Crippen molar-refractivity contribution in [3.8, 4) is 0 Å². The first-order chi connectivity index (χ1) is 7.56. The van der Waals surface area contributed by atoms with Crippen LogP contribution in [-0.4, -0.2) is 22.7 Å². The Hall–Kier alpha value is -1.09. The third-order valence-corrected chi connectivity index (χ3v) is 2.63. The van der Waals surface area contributed by atoms with Crippen LogP contribution in [0.5, 0.6) is 0 Å². The number of pyridine rings is 1. The second kappa shape index (κ2) is 5.85. The summed E-state index contributed by atoms with van der Waals surface area (Å²) in [5.41, 5.74) is 0.923. The van der Waals surface area contributed by atoms with Crippen LogP contribution in [0.2, 0.25) is 0 Å². The molecule has 16 heavy (non-hydrogen) atoms. The number of aliphatic hydroxyl groups is 1. The van der Waals surface area contributed by atoms with Gasteiger partial charge in [-0.2, -0.15) is 0 Å². The first-order valence-corrected chi connectivity index (χ1v) is 5.97. The maximum Gasteiger partial charge on any atom is 0.129 e. The Balaban J connectivity index is 2.95. The molecular weight excluding hydrogens is 200 g/mol. The molecule has 1 aromatic rings. The van der Waals surface area contributed by atoms with E-state index in [1.54, 1.807) is 13.1 Å². The van der Waals surface area contributed by atoms with Crippen LogP contribution >= 0.6 is 0 Å². The van der Waals surface area contributed by atoms with Crippen LogP contribution in [0.4, 0.5) is 5.82 Å². The minimum absolute atomic E-state index is 0.427. The standard InChI is InChI=1S/C13H22N2O/c1-5-8-15(10(2)3)13-9-12(11(4)16)6-7-14-13/h6-7,9-11,16H,5,8H2,1-4H3/t11-/m0/s1. The summed E-state index contributed by atoms with van der Waals surface area (Å²) >= 11 is 0. The van der Waals surface area contributed by atoms with Crippen molar-refractivity contribution in [1.82, 2.24) is 4.98 Å². The zero-order chi connectivity index (χ0) is 12.1. The number of aliphatic hydroxyl groups excluding tert-OH is 1. The quantitative estimate of drug-likeness (QED) is 0.832. The van der Waals surface area contributed by atoms with Gasteiger partial charge in [0.2, 0.25) is 0 Å². The maximum absolute atomic E-state index is 9.55. The van der Waals surface area contributed by atoms with E-state index < -0.39 is 6.10 Å². The molecular formula is C13H22N2O. The minimum atomic E-state index is -0.433. The average Bonchev–Trinajstić information content (AvgIpc) is 2.25. The molecule has 0 saturated carbocycles. The van der Waals surface area contributed by atoms with Crippen LogP contribution in [-0.2, 0) is 0 Å². The molecule has 0 aliphatic heterocycles. The van der Waals surface area contributed by atoms with Gasteiger partial charge in [0.1, 0.15) is 5.82 Å². The summed E-state index contributed by atoms with van der Waals surface area (Å²) in [6.45, 7) is 9.25. The first kappa shape index (κ1) is 13.0. The second-order valence-electron chi connectivity index (χ2n) is 4.41. The smallest absolute Gasteiger partial charge is 0.129 e. The average molecular weight is 222 g/mol. The molecule has 0 radical (unpaired) electrons. The summed E-state index contributed by atoms with van der Waals surface area (Å²) in [5, 5.41) is 9.55. The molecule has 0 spiro atoms. The molecule has 1 rings (SSSR count). The molecule has 1 heterocycles. The molecule has 90 valence electrons. The van der Waals surface area contributed by atoms with Gasteiger partial charge < -0.3 is 10.0 Å². The number of hydrogen-bond acceptors (Lipinski definition) is 3. The van der Waals surface area contributed by atoms with Gasteiger partial charge in [-0.1, -0.05) is 6.92 Å². The lowest BCUT2D eigenvalue weighted by atomic mass is 10.1. The number of anilines is 1. The maximum atomic E-state index is 9.55. The van der Waals surface area contributed by atoms with Gasteiger partial charge in [0.05, 0.1) is 6.10 Å². The third-order valence-electron chi connectivity index (χ3n) is 2.63. The van der Waals surface area contributed by atoms with E-state index >= 15 is 0 Å². The van der Waals surface area contributed by atoms with Crippen molar-refractivity contribution < 1.29 is 5.11 Å². The van der Waals surface area contributed by atoms with E-state index in [9.17, 15) is 5.11 Å². The Bertz CT molecular complexity index is 323. The summed E-state index contributed by atoms with van der Waals surface area (Å²) in [6.07, 6.45) is 2.43. The zero-order valence-electron chi connectivity index (χ0n) is 10.6. The van der Waals surface area contributed by atoms with E-state index in [4.69, 9.17) is 0 Å². The van der Waals surface area contributed by atoms with Gasteiger partial charge in [-0.25, -0.2) is 4.98 Å². The molecule has 1 atom stereocenters. The fourth-order valence-corrected chi connectivity index (χ4v) is 1.73. The topological polar surface area (TPSA) is 36.4 Å². The molecule has 0 fully saturated rings. The van der Waals surface area contributed by atoms with Gasteiger partial charge in [0.25, 0.3) is 0 Å². The second-order valence-corrected chi connectivity index (χ2v) is 4.41. The Kier molecular flexibility index (Phi) is 4.74. The van der Waals surface area contributed by atoms with Gasteiger partial charge in [-0.05, 0) is 44.9 Å². The van der Waals surface area contributed by atoms with E-state index in [0.29, 0.717) is 6.04 Å². The van der Waals surface area contributed by atoms with Gasteiger partial charge in [-0.15, -0.1) is 0 Å². The predicted octanol–water partition coefficient (Wildman–Crippen LogP) is 2.76. The Labute approximate surface area is 98.1 Å². The predicted molar refractivity (Wildman–Crippen MR) is 67.6 cm³/mol. The van der Waals surface area contributed by atoms with Crippen molar-refractivity contribution in [2.75, 3.05) is 11.4 Å². The van der Waals surface area contributed by atoms with Crippen molar-refractivity contribution in [3.63, 3.8) is 0 Å². The van der Waals surface area contributed by atoms with Crippen molar-refractivity contribution >= 4 is 5.82 Å². The summed E-state index contributed by atoms with van der Waals surface area (Å²) in [5.74, 6) is 0.954. The highest BCUT2D eigenvalue weighted by Gasteiger charge is 2.12. The molecule has 0 bridgehead atoms. The number of hydrogen-bond donors (Lipinski definition) is 1. The highest BCUT2D eigenvalue weighted by atomic mass is 16.3. The molecule has 0 amide bonds. The van der Waals surface area contributed by atoms with Gasteiger partial charge >= 0.3 is 0 Å². The van der Waals surface area contributed by atoms with E-state index in [1.807, 2.05) is 12.1 Å². The van der Waals surface area contributed by atoms with Crippen molar-refractivity contribution in [2.24, 2.45) is 0 Å². The molecule has 0 aromatic carbocycles. The largest absolute Gasteiger partial charge is 0.389 e. The van der Waals surface area contributed by atoms with Gasteiger partial charge in [-0.3, -0.25) is 0 Å². The molecule has 0 saturated heterocycles. The van der Waals surface area contributed by atoms with Crippen molar-refractivity contribution in [1.29, 1.82) is 0 Å². The number of nitrogens with zero attached hydrogens (tertiary/aromatic N) is 2. The molecule has 3 heteroatoms. The SMILES string of the molecule is CCCN(c1cc([C@H](C)O)ccn1)C(C)C. The Morgan fingerprint density at radius 3 is 2.56 bits per heavy atom. The number of rotatable bonds is 5. The van der Waals surface area contributed by atoms with Crippen molar-refractivity contribution in [3.05, 3.63) is 23.9 Å². The first-order valence-electron chi connectivity index (χ1n) is 5.97. The van der Waals surface area contributed by atoms with Crippen LogP contribution in [0.25, 0.3) is 0 Å². The third kappa shape index (κ3) is 3.20. The molecule has 3 nitrogen and oxygen atoms in total. The summed E-state index contributed by atoms with van der Waals surface area (Å²) in [4.78, 5) is 6.63. The lowest BCUT2D eigenvalue weighted by Gasteiger charge is -2.27. The van der Waals surface area contributed by atoms with E-state index in [-0.39, 0.29) is 0 Å². The number of aromatic nitrogens is 1. The summed E-state index contributed by atoms with van der Waals surface area (Å²) < 4.78 is 0. The van der Waals surface area contributed by atoms with E-state index in [2.05, 4.69) is 30.7 Å². The van der Waals surface area contributed by atoms with E-state index in [1.165, 1.54) is 0 Å². The fourth-order valence-electron chi connectivity index (χ4n) is 1.73. The van der Waals surface area contributed by atoms with Crippen LogP contribution in [0, 0.1) is 0 Å². The molecule has 0 unspecified atom stereocenters. The summed E-state index contributed by atoms with van der Waals surface area (Å²) in [7, 11) is 0. The van der Waals surface area contributed by atoms with Crippen LogP contribution in [0.1, 0.15) is 45.8 Å². The van der Waals surface area contributed by atoms with Crippen LogP contribution in [0.15, 0.2) is 18.3 Å². The van der Waals surface area contributed by atoms with Crippen molar-refractivity contribution in [2.45, 2.75) is 46.3 Å². The lowest BCUT2D eigenvalue weighted by molar-refractivity contribution is 0.199.